The largest absolute Gasteiger partial charge is 0.352 e. The smallest absolute Gasteiger partial charge is 0.259 e. The molecule has 178 valence electrons. The zero-order valence-corrected chi connectivity index (χ0v) is 20.3. The van der Waals surface area contributed by atoms with E-state index in [2.05, 4.69) is 6.92 Å². The molecule has 1 fully saturated rings. The second-order valence-corrected chi connectivity index (χ2v) is 9.38. The second-order valence-electron chi connectivity index (χ2n) is 9.38. The molecule has 0 radical (unpaired) electrons. The van der Waals surface area contributed by atoms with Crippen molar-refractivity contribution in [3.63, 3.8) is 0 Å². The highest BCUT2D eigenvalue weighted by Crippen LogP contribution is 2.25. The van der Waals surface area contributed by atoms with E-state index in [9.17, 15) is 14.4 Å². The van der Waals surface area contributed by atoms with Crippen LogP contribution in [0.5, 0.6) is 0 Å². The minimum atomic E-state index is -0.479. The molecule has 6 nitrogen and oxygen atoms in total. The average molecular weight is 452 g/mol. The molecule has 1 aromatic carbocycles. The van der Waals surface area contributed by atoms with E-state index in [1.165, 1.54) is 24.2 Å². The summed E-state index contributed by atoms with van der Waals surface area (Å²) in [6.45, 7) is 3.81. The third kappa shape index (κ3) is 6.56. The van der Waals surface area contributed by atoms with Crippen LogP contribution in [0.2, 0.25) is 0 Å². The Morgan fingerprint density at radius 3 is 2.21 bits per heavy atom. The number of hydrogen-bond acceptors (Lipinski definition) is 3. The van der Waals surface area contributed by atoms with Crippen LogP contribution in [0.25, 0.3) is 0 Å². The number of carbonyl (C=O) groups is 2. The number of carbonyl (C=O) groups excluding carboxylic acids is 2. The van der Waals surface area contributed by atoms with Gasteiger partial charge in [0.15, 0.2) is 0 Å². The molecule has 0 aliphatic heterocycles. The molecule has 33 heavy (non-hydrogen) atoms. The highest BCUT2D eigenvalue weighted by molar-refractivity contribution is 5.99. The molecule has 2 amide bonds. The Morgan fingerprint density at radius 1 is 0.970 bits per heavy atom. The zero-order valence-electron chi connectivity index (χ0n) is 20.3. The van der Waals surface area contributed by atoms with Crippen molar-refractivity contribution in [3.05, 3.63) is 69.6 Å². The molecule has 1 saturated carbocycles. The van der Waals surface area contributed by atoms with Crippen molar-refractivity contribution in [1.29, 1.82) is 0 Å². The molecular formula is C27H37N3O3. The number of pyridine rings is 1. The summed E-state index contributed by atoms with van der Waals surface area (Å²) in [5, 5.41) is 0. The van der Waals surface area contributed by atoms with Crippen LogP contribution < -0.4 is 5.43 Å². The molecule has 1 aromatic heterocycles. The van der Waals surface area contributed by atoms with Gasteiger partial charge in [-0.15, -0.1) is 0 Å². The topological polar surface area (TPSA) is 62.6 Å². The molecule has 0 saturated heterocycles. The van der Waals surface area contributed by atoms with E-state index in [0.717, 1.165) is 37.8 Å². The highest BCUT2D eigenvalue weighted by atomic mass is 16.2. The monoisotopic (exact) mass is 451 g/mol. The molecule has 0 unspecified atom stereocenters. The van der Waals surface area contributed by atoms with Crippen molar-refractivity contribution in [2.75, 3.05) is 20.6 Å². The molecular weight excluding hydrogens is 414 g/mol. The summed E-state index contributed by atoms with van der Waals surface area (Å²) in [6, 6.07) is 9.82. The van der Waals surface area contributed by atoms with E-state index in [0.29, 0.717) is 19.0 Å². The van der Waals surface area contributed by atoms with Crippen LogP contribution >= 0.6 is 0 Å². The van der Waals surface area contributed by atoms with Crippen molar-refractivity contribution in [2.45, 2.75) is 65.0 Å². The van der Waals surface area contributed by atoms with Gasteiger partial charge in [0.2, 0.25) is 5.43 Å². The fourth-order valence-corrected chi connectivity index (χ4v) is 4.53. The Morgan fingerprint density at radius 2 is 1.61 bits per heavy atom. The Balaban J connectivity index is 1.98. The Hall–Kier alpha value is -2.89. The molecule has 3 rings (SSSR count). The first-order valence-electron chi connectivity index (χ1n) is 12.2. The summed E-state index contributed by atoms with van der Waals surface area (Å²) in [7, 11) is 3.26. The summed E-state index contributed by atoms with van der Waals surface area (Å²) in [4.78, 5) is 42.9. The SMILES string of the molecule is CCCCN(Cc1ccccc1)C(=O)c1cn(CC2CCCCC2)cc(C(=O)N(C)C)c1=O. The van der Waals surface area contributed by atoms with Gasteiger partial charge in [-0.3, -0.25) is 14.4 Å². The second kappa shape index (κ2) is 11.8. The fraction of sp³-hybridized carbons (Fsp3) is 0.519. The zero-order chi connectivity index (χ0) is 23.8. The number of hydrogen-bond donors (Lipinski definition) is 0. The third-order valence-corrected chi connectivity index (χ3v) is 6.42. The first kappa shape index (κ1) is 24.7. The van der Waals surface area contributed by atoms with Gasteiger partial charge in [0.25, 0.3) is 11.8 Å². The van der Waals surface area contributed by atoms with E-state index in [1.807, 2.05) is 34.9 Å². The van der Waals surface area contributed by atoms with Gasteiger partial charge in [-0.1, -0.05) is 62.9 Å². The number of benzene rings is 1. The number of aromatic nitrogens is 1. The van der Waals surface area contributed by atoms with Crippen LogP contribution in [-0.2, 0) is 13.1 Å². The summed E-state index contributed by atoms with van der Waals surface area (Å²) in [5.74, 6) is -0.162. The van der Waals surface area contributed by atoms with Crippen molar-refractivity contribution in [1.82, 2.24) is 14.4 Å². The maximum atomic E-state index is 13.7. The Bertz CT molecular complexity index is 991. The van der Waals surface area contributed by atoms with Crippen LogP contribution in [0.15, 0.2) is 47.5 Å². The van der Waals surface area contributed by atoms with E-state index in [-0.39, 0.29) is 22.9 Å². The lowest BCUT2D eigenvalue weighted by Crippen LogP contribution is -2.38. The van der Waals surface area contributed by atoms with Crippen molar-refractivity contribution in [3.8, 4) is 0 Å². The van der Waals surface area contributed by atoms with Crippen LogP contribution in [0.1, 0.15) is 78.1 Å². The molecule has 6 heteroatoms. The van der Waals surface area contributed by atoms with E-state index < -0.39 is 5.43 Å². The van der Waals surface area contributed by atoms with Gasteiger partial charge in [0, 0.05) is 46.1 Å². The van der Waals surface area contributed by atoms with Gasteiger partial charge in [-0.2, -0.15) is 0 Å². The van der Waals surface area contributed by atoms with Crippen LogP contribution in [-0.4, -0.2) is 46.8 Å². The van der Waals surface area contributed by atoms with Crippen molar-refractivity contribution in [2.24, 2.45) is 5.92 Å². The van der Waals surface area contributed by atoms with Gasteiger partial charge < -0.3 is 14.4 Å². The molecule has 0 bridgehead atoms. The number of amides is 2. The summed E-state index contributed by atoms with van der Waals surface area (Å²) in [6.07, 6.45) is 11.1. The lowest BCUT2D eigenvalue weighted by atomic mass is 9.89. The first-order valence-corrected chi connectivity index (χ1v) is 12.2. The minimum Gasteiger partial charge on any atom is -0.352 e. The average Bonchev–Trinajstić information content (AvgIpc) is 2.83. The molecule has 0 atom stereocenters. The third-order valence-electron chi connectivity index (χ3n) is 6.42. The van der Waals surface area contributed by atoms with Crippen LogP contribution in [0, 0.1) is 5.92 Å². The highest BCUT2D eigenvalue weighted by Gasteiger charge is 2.25. The minimum absolute atomic E-state index is 0.0665. The van der Waals surface area contributed by atoms with Crippen molar-refractivity contribution >= 4 is 11.8 Å². The summed E-state index contributed by atoms with van der Waals surface area (Å²) in [5.41, 5.74) is 0.695. The van der Waals surface area contributed by atoms with E-state index in [4.69, 9.17) is 0 Å². The fourth-order valence-electron chi connectivity index (χ4n) is 4.53. The van der Waals surface area contributed by atoms with Gasteiger partial charge in [0.05, 0.1) is 0 Å². The quantitative estimate of drug-likeness (QED) is 0.561. The predicted molar refractivity (Wildman–Crippen MR) is 131 cm³/mol. The molecule has 1 aliphatic rings. The molecule has 2 aromatic rings. The Labute approximate surface area is 197 Å². The maximum Gasteiger partial charge on any atom is 0.259 e. The Kier molecular flexibility index (Phi) is 8.87. The van der Waals surface area contributed by atoms with E-state index >= 15 is 0 Å². The number of unbranched alkanes of at least 4 members (excludes halogenated alkanes) is 1. The van der Waals surface area contributed by atoms with E-state index in [1.54, 1.807) is 31.4 Å². The van der Waals surface area contributed by atoms with Gasteiger partial charge in [-0.05, 0) is 30.7 Å². The van der Waals surface area contributed by atoms with Gasteiger partial charge >= 0.3 is 0 Å². The predicted octanol–water partition coefficient (Wildman–Crippen LogP) is 4.57. The van der Waals surface area contributed by atoms with Gasteiger partial charge in [-0.25, -0.2) is 0 Å². The lowest BCUT2D eigenvalue weighted by Gasteiger charge is -2.25. The molecule has 1 heterocycles. The van der Waals surface area contributed by atoms with Gasteiger partial charge in [0.1, 0.15) is 11.1 Å². The number of rotatable bonds is 9. The molecule has 0 spiro atoms. The number of nitrogens with zero attached hydrogens (tertiary/aromatic N) is 3. The molecule has 0 N–H and O–H groups in total. The maximum absolute atomic E-state index is 13.7. The standard InChI is InChI=1S/C27H37N3O3/c1-4-5-16-30(18-22-14-10-7-11-15-22)27(33)24-20-29(17-21-12-8-6-9-13-21)19-23(25(24)31)26(32)28(2)3/h7,10-11,14-15,19-21H,4-6,8-9,12-13,16-18H2,1-3H3. The van der Waals surface area contributed by atoms with Crippen LogP contribution in [0.4, 0.5) is 0 Å². The first-order chi connectivity index (χ1) is 15.9. The summed E-state index contributed by atoms with van der Waals surface area (Å²) >= 11 is 0. The van der Waals surface area contributed by atoms with Crippen LogP contribution in [0.3, 0.4) is 0 Å². The van der Waals surface area contributed by atoms with Crippen molar-refractivity contribution < 1.29 is 9.59 Å². The lowest BCUT2D eigenvalue weighted by molar-refractivity contribution is 0.0738. The normalized spacial score (nSPS) is 14.2. The summed E-state index contributed by atoms with van der Waals surface area (Å²) < 4.78 is 1.90. The molecule has 1 aliphatic carbocycles.